The van der Waals surface area contributed by atoms with Crippen LogP contribution in [0.1, 0.15) is 17.2 Å². The van der Waals surface area contributed by atoms with Crippen molar-refractivity contribution in [2.75, 3.05) is 7.05 Å². The molecule has 0 aromatic heterocycles. The topological polar surface area (TPSA) is 12.0 Å². The molecule has 20 heavy (non-hydrogen) atoms. The van der Waals surface area contributed by atoms with Crippen LogP contribution in [0, 0.1) is 3.57 Å². The fraction of sp³-hybridized carbons (Fsp3) is 0.200. The van der Waals surface area contributed by atoms with Crippen molar-refractivity contribution < 1.29 is 0 Å². The summed E-state index contributed by atoms with van der Waals surface area (Å²) < 4.78 is 1.05. The van der Waals surface area contributed by atoms with E-state index < -0.39 is 0 Å². The van der Waals surface area contributed by atoms with Crippen molar-refractivity contribution in [3.05, 3.63) is 66.2 Å². The molecule has 2 rings (SSSR count). The quantitative estimate of drug-likeness (QED) is 0.597. The van der Waals surface area contributed by atoms with Crippen molar-refractivity contribution in [3.8, 4) is 0 Å². The molecule has 1 atom stereocenters. The first-order chi connectivity index (χ1) is 9.51. The molecule has 1 N–H and O–H groups in total. The Morgan fingerprint density at radius 1 is 1.05 bits per heavy atom. The van der Waals surface area contributed by atoms with Crippen LogP contribution in [-0.4, -0.2) is 7.05 Å². The molecule has 0 fully saturated rings. The molecule has 5 heteroatoms. The van der Waals surface area contributed by atoms with E-state index in [0.717, 1.165) is 31.2 Å². The SMILES string of the molecule is CNC(Cc1cc(Cl)ccc1Cl)c1ccc(I)c(Cl)c1. The Balaban J connectivity index is 2.28. The van der Waals surface area contributed by atoms with Gasteiger partial charge in [0.15, 0.2) is 0 Å². The molecule has 0 aliphatic heterocycles. The van der Waals surface area contributed by atoms with Gasteiger partial charge in [-0.25, -0.2) is 0 Å². The van der Waals surface area contributed by atoms with Gasteiger partial charge in [-0.3, -0.25) is 0 Å². The Morgan fingerprint density at radius 2 is 1.80 bits per heavy atom. The van der Waals surface area contributed by atoms with Crippen molar-refractivity contribution in [2.45, 2.75) is 12.5 Å². The zero-order chi connectivity index (χ0) is 14.7. The molecular weight excluding hydrogens is 427 g/mol. The van der Waals surface area contributed by atoms with Crippen LogP contribution < -0.4 is 5.32 Å². The minimum absolute atomic E-state index is 0.139. The molecule has 0 saturated heterocycles. The Labute approximate surface area is 147 Å². The second-order valence-corrected chi connectivity index (χ2v) is 6.87. The van der Waals surface area contributed by atoms with E-state index in [2.05, 4.69) is 34.0 Å². The third-order valence-electron chi connectivity index (χ3n) is 3.13. The van der Waals surface area contributed by atoms with Crippen LogP contribution in [0.5, 0.6) is 0 Å². The van der Waals surface area contributed by atoms with Crippen LogP contribution in [0.2, 0.25) is 15.1 Å². The number of hydrogen-bond donors (Lipinski definition) is 1. The van der Waals surface area contributed by atoms with Gasteiger partial charge in [-0.15, -0.1) is 0 Å². The Morgan fingerprint density at radius 3 is 2.45 bits per heavy atom. The number of halogens is 4. The van der Waals surface area contributed by atoms with E-state index in [1.54, 1.807) is 6.07 Å². The first-order valence-electron chi connectivity index (χ1n) is 6.07. The van der Waals surface area contributed by atoms with Gasteiger partial charge in [-0.2, -0.15) is 0 Å². The third-order valence-corrected chi connectivity index (χ3v) is 5.30. The molecule has 2 aromatic carbocycles. The van der Waals surface area contributed by atoms with Crippen LogP contribution >= 0.6 is 57.4 Å². The Bertz CT molecular complexity index is 616. The maximum absolute atomic E-state index is 6.23. The smallest absolute Gasteiger partial charge is 0.0542 e. The van der Waals surface area contributed by atoms with Gasteiger partial charge in [0.1, 0.15) is 0 Å². The molecular formula is C15H13Cl3IN. The van der Waals surface area contributed by atoms with Crippen LogP contribution in [0.3, 0.4) is 0 Å². The second kappa shape index (κ2) is 7.32. The van der Waals surface area contributed by atoms with Crippen LogP contribution in [0.4, 0.5) is 0 Å². The number of benzene rings is 2. The second-order valence-electron chi connectivity index (χ2n) is 4.45. The van der Waals surface area contributed by atoms with E-state index in [0.29, 0.717) is 5.02 Å². The molecule has 0 amide bonds. The van der Waals surface area contributed by atoms with Crippen LogP contribution in [-0.2, 0) is 6.42 Å². The van der Waals surface area contributed by atoms with E-state index in [4.69, 9.17) is 34.8 Å². The van der Waals surface area contributed by atoms with Crippen molar-refractivity contribution in [2.24, 2.45) is 0 Å². The summed E-state index contributed by atoms with van der Waals surface area (Å²) in [6.45, 7) is 0. The van der Waals surface area contributed by atoms with E-state index in [1.165, 1.54) is 0 Å². The van der Waals surface area contributed by atoms with Crippen molar-refractivity contribution in [1.29, 1.82) is 0 Å². The van der Waals surface area contributed by atoms with Gasteiger partial charge < -0.3 is 5.32 Å². The lowest BCUT2D eigenvalue weighted by Crippen LogP contribution is -2.19. The van der Waals surface area contributed by atoms with Crippen molar-refractivity contribution in [1.82, 2.24) is 5.32 Å². The number of rotatable bonds is 4. The summed E-state index contributed by atoms with van der Waals surface area (Å²) in [6, 6.07) is 11.7. The van der Waals surface area contributed by atoms with Gasteiger partial charge in [0.2, 0.25) is 0 Å². The molecule has 106 valence electrons. The fourth-order valence-corrected chi connectivity index (χ4v) is 2.95. The number of nitrogens with one attached hydrogen (secondary N) is 1. The maximum Gasteiger partial charge on any atom is 0.0542 e. The van der Waals surface area contributed by atoms with E-state index in [9.17, 15) is 0 Å². The summed E-state index contributed by atoms with van der Waals surface area (Å²) in [4.78, 5) is 0. The lowest BCUT2D eigenvalue weighted by Gasteiger charge is -2.18. The molecule has 0 aliphatic rings. The molecule has 0 saturated carbocycles. The molecule has 0 heterocycles. The zero-order valence-electron chi connectivity index (χ0n) is 10.8. The zero-order valence-corrected chi connectivity index (χ0v) is 15.2. The van der Waals surface area contributed by atoms with Crippen LogP contribution in [0.25, 0.3) is 0 Å². The predicted octanol–water partition coefficient (Wildman–Crippen LogP) is 5.75. The summed E-state index contributed by atoms with van der Waals surface area (Å²) in [7, 11) is 1.93. The first kappa shape index (κ1) is 16.4. The highest BCUT2D eigenvalue weighted by atomic mass is 127. The van der Waals surface area contributed by atoms with Crippen LogP contribution in [0.15, 0.2) is 36.4 Å². The number of likely N-dealkylation sites (N-methyl/N-ethyl adjacent to an activating group) is 1. The fourth-order valence-electron chi connectivity index (χ4n) is 2.04. The van der Waals surface area contributed by atoms with E-state index in [-0.39, 0.29) is 6.04 Å². The molecule has 1 unspecified atom stereocenters. The molecule has 0 bridgehead atoms. The van der Waals surface area contributed by atoms with Gasteiger partial charge in [0.05, 0.1) is 5.02 Å². The average Bonchev–Trinajstić information content (AvgIpc) is 2.43. The normalized spacial score (nSPS) is 12.4. The molecule has 0 aliphatic carbocycles. The van der Waals surface area contributed by atoms with Gasteiger partial charge in [0.25, 0.3) is 0 Å². The van der Waals surface area contributed by atoms with E-state index in [1.807, 2.05) is 31.3 Å². The largest absolute Gasteiger partial charge is 0.313 e. The standard InChI is InChI=1S/C15H13Cl3IN/c1-20-15(9-2-5-14(19)13(18)7-9)8-10-6-11(16)3-4-12(10)17/h2-7,15,20H,8H2,1H3. The van der Waals surface area contributed by atoms with Gasteiger partial charge in [-0.1, -0.05) is 40.9 Å². The van der Waals surface area contributed by atoms with Crippen molar-refractivity contribution >= 4 is 57.4 Å². The summed E-state index contributed by atoms with van der Waals surface area (Å²) in [6.07, 6.45) is 0.757. The molecule has 2 aromatic rings. The van der Waals surface area contributed by atoms with Gasteiger partial charge in [0, 0.05) is 19.7 Å². The Kier molecular flexibility index (Phi) is 5.99. The lowest BCUT2D eigenvalue weighted by molar-refractivity contribution is 0.592. The summed E-state index contributed by atoms with van der Waals surface area (Å²) in [5.41, 5.74) is 2.15. The molecule has 1 nitrogen and oxygen atoms in total. The minimum atomic E-state index is 0.139. The summed E-state index contributed by atoms with van der Waals surface area (Å²) in [5, 5.41) is 5.48. The van der Waals surface area contributed by atoms with Gasteiger partial charge >= 0.3 is 0 Å². The van der Waals surface area contributed by atoms with E-state index >= 15 is 0 Å². The highest BCUT2D eigenvalue weighted by Gasteiger charge is 2.13. The minimum Gasteiger partial charge on any atom is -0.313 e. The summed E-state index contributed by atoms with van der Waals surface area (Å²) >= 11 is 20.7. The number of hydrogen-bond acceptors (Lipinski definition) is 1. The predicted molar refractivity (Wildman–Crippen MR) is 96.1 cm³/mol. The average molecular weight is 441 g/mol. The maximum atomic E-state index is 6.23. The van der Waals surface area contributed by atoms with Crippen molar-refractivity contribution in [3.63, 3.8) is 0 Å². The molecule has 0 spiro atoms. The first-order valence-corrected chi connectivity index (χ1v) is 8.28. The molecule has 0 radical (unpaired) electrons. The Hall–Kier alpha value is -0.0000000000000000555. The highest BCUT2D eigenvalue weighted by Crippen LogP contribution is 2.28. The summed E-state index contributed by atoms with van der Waals surface area (Å²) in [5.74, 6) is 0. The highest BCUT2D eigenvalue weighted by molar-refractivity contribution is 14.1. The monoisotopic (exact) mass is 439 g/mol. The third kappa shape index (κ3) is 4.01. The lowest BCUT2D eigenvalue weighted by atomic mass is 9.99. The van der Waals surface area contributed by atoms with Gasteiger partial charge in [-0.05, 0) is 77.5 Å².